The van der Waals surface area contributed by atoms with E-state index in [9.17, 15) is 14.4 Å². The minimum absolute atomic E-state index is 0.0128. The zero-order valence-corrected chi connectivity index (χ0v) is 11.2. The molecule has 0 aliphatic carbocycles. The Morgan fingerprint density at radius 2 is 1.89 bits per heavy atom. The van der Waals surface area contributed by atoms with Crippen LogP contribution in [0.2, 0.25) is 0 Å². The van der Waals surface area contributed by atoms with Gasteiger partial charge in [-0.15, -0.1) is 0 Å². The molecule has 0 bridgehead atoms. The summed E-state index contributed by atoms with van der Waals surface area (Å²) in [7, 11) is 0. The minimum Gasteiger partial charge on any atom is -0.354 e. The summed E-state index contributed by atoms with van der Waals surface area (Å²) < 4.78 is 0. The number of nitrogens with zero attached hydrogens (tertiary/aromatic N) is 2. The highest BCUT2D eigenvalue weighted by molar-refractivity contribution is 5.85. The van der Waals surface area contributed by atoms with Gasteiger partial charge in [0, 0.05) is 39.0 Å². The van der Waals surface area contributed by atoms with Gasteiger partial charge >= 0.3 is 0 Å². The molecule has 2 heterocycles. The lowest BCUT2D eigenvalue weighted by Gasteiger charge is -2.25. The molecule has 0 aromatic carbocycles. The van der Waals surface area contributed by atoms with Crippen LogP contribution >= 0.6 is 0 Å². The second kappa shape index (κ2) is 6.54. The molecule has 3 amide bonds. The van der Waals surface area contributed by atoms with Gasteiger partial charge in [-0.3, -0.25) is 14.4 Å². The van der Waals surface area contributed by atoms with E-state index in [0.717, 1.165) is 19.3 Å². The van der Waals surface area contributed by atoms with E-state index in [2.05, 4.69) is 5.32 Å². The lowest BCUT2D eigenvalue weighted by Crippen LogP contribution is -2.43. The van der Waals surface area contributed by atoms with E-state index in [4.69, 9.17) is 0 Å². The summed E-state index contributed by atoms with van der Waals surface area (Å²) in [6.45, 7) is 2.32. The summed E-state index contributed by atoms with van der Waals surface area (Å²) in [6.07, 6.45) is 3.84. The average Bonchev–Trinajstić information content (AvgIpc) is 2.71. The van der Waals surface area contributed by atoms with Crippen molar-refractivity contribution in [3.8, 4) is 0 Å². The van der Waals surface area contributed by atoms with Crippen molar-refractivity contribution in [2.24, 2.45) is 0 Å². The van der Waals surface area contributed by atoms with Crippen molar-refractivity contribution in [2.75, 3.05) is 32.7 Å². The van der Waals surface area contributed by atoms with E-state index in [-0.39, 0.29) is 24.3 Å². The highest BCUT2D eigenvalue weighted by Crippen LogP contribution is 2.11. The Hall–Kier alpha value is -1.59. The van der Waals surface area contributed by atoms with Crippen LogP contribution in [0.15, 0.2) is 0 Å². The van der Waals surface area contributed by atoms with Gasteiger partial charge in [0.1, 0.15) is 0 Å². The van der Waals surface area contributed by atoms with Crippen molar-refractivity contribution >= 4 is 17.7 Å². The van der Waals surface area contributed by atoms with E-state index in [1.165, 1.54) is 0 Å². The van der Waals surface area contributed by atoms with E-state index < -0.39 is 0 Å². The molecule has 6 nitrogen and oxygen atoms in total. The molecule has 0 atom stereocenters. The Morgan fingerprint density at radius 3 is 2.74 bits per heavy atom. The molecule has 106 valence electrons. The predicted molar refractivity (Wildman–Crippen MR) is 69.3 cm³/mol. The number of carbonyl (C=O) groups excluding carboxylic acids is 3. The highest BCUT2D eigenvalue weighted by atomic mass is 16.2. The molecule has 0 radical (unpaired) electrons. The molecule has 1 N–H and O–H groups in total. The average molecular weight is 267 g/mol. The number of nitrogens with one attached hydrogen (secondary N) is 1. The fourth-order valence-electron chi connectivity index (χ4n) is 2.49. The molecule has 19 heavy (non-hydrogen) atoms. The molecule has 2 aliphatic heterocycles. The van der Waals surface area contributed by atoms with E-state index in [1.807, 2.05) is 0 Å². The maximum absolute atomic E-state index is 12.2. The van der Waals surface area contributed by atoms with Crippen LogP contribution in [0.3, 0.4) is 0 Å². The monoisotopic (exact) mass is 267 g/mol. The zero-order chi connectivity index (χ0) is 13.7. The lowest BCUT2D eigenvalue weighted by atomic mass is 10.2. The summed E-state index contributed by atoms with van der Waals surface area (Å²) in [6, 6.07) is 0. The largest absolute Gasteiger partial charge is 0.354 e. The first-order valence-corrected chi connectivity index (χ1v) is 6.99. The van der Waals surface area contributed by atoms with Gasteiger partial charge in [0.15, 0.2) is 0 Å². The Morgan fingerprint density at radius 1 is 1.05 bits per heavy atom. The molecule has 0 aromatic heterocycles. The second-order valence-corrected chi connectivity index (χ2v) is 5.11. The number of rotatable bonds is 2. The molecule has 2 aliphatic rings. The number of hydrogen-bond donors (Lipinski definition) is 1. The lowest BCUT2D eigenvalue weighted by molar-refractivity contribution is -0.140. The third-order valence-corrected chi connectivity index (χ3v) is 3.66. The van der Waals surface area contributed by atoms with Gasteiger partial charge < -0.3 is 15.1 Å². The molecular formula is C13H21N3O3. The Kier molecular flexibility index (Phi) is 4.76. The van der Waals surface area contributed by atoms with Crippen LogP contribution in [0.5, 0.6) is 0 Å². The molecule has 0 aromatic rings. The smallest absolute Gasteiger partial charge is 0.242 e. The summed E-state index contributed by atoms with van der Waals surface area (Å²) in [5, 5.41) is 2.74. The summed E-state index contributed by atoms with van der Waals surface area (Å²) >= 11 is 0. The van der Waals surface area contributed by atoms with E-state index in [0.29, 0.717) is 39.0 Å². The SMILES string of the molecule is O=C1CCN(C(=O)CN2CCCCCC2=O)CCN1. The van der Waals surface area contributed by atoms with Crippen molar-refractivity contribution in [3.63, 3.8) is 0 Å². The fraction of sp³-hybridized carbons (Fsp3) is 0.769. The topological polar surface area (TPSA) is 69.7 Å². The first-order valence-electron chi connectivity index (χ1n) is 6.99. The van der Waals surface area contributed by atoms with Crippen molar-refractivity contribution in [1.29, 1.82) is 0 Å². The summed E-state index contributed by atoms with van der Waals surface area (Å²) in [4.78, 5) is 38.6. The predicted octanol–water partition coefficient (Wildman–Crippen LogP) is -0.262. The molecule has 2 rings (SSSR count). The van der Waals surface area contributed by atoms with Crippen LogP contribution in [0.25, 0.3) is 0 Å². The van der Waals surface area contributed by atoms with E-state index in [1.54, 1.807) is 9.80 Å². The number of carbonyl (C=O) groups is 3. The van der Waals surface area contributed by atoms with Gasteiger partial charge in [-0.25, -0.2) is 0 Å². The maximum atomic E-state index is 12.2. The second-order valence-electron chi connectivity index (χ2n) is 5.11. The van der Waals surface area contributed by atoms with Gasteiger partial charge in [0.05, 0.1) is 6.54 Å². The molecule has 0 spiro atoms. The van der Waals surface area contributed by atoms with Crippen molar-refractivity contribution in [1.82, 2.24) is 15.1 Å². The first kappa shape index (κ1) is 13.8. The van der Waals surface area contributed by atoms with Crippen molar-refractivity contribution in [3.05, 3.63) is 0 Å². The van der Waals surface area contributed by atoms with Crippen LogP contribution in [-0.2, 0) is 14.4 Å². The van der Waals surface area contributed by atoms with Crippen molar-refractivity contribution in [2.45, 2.75) is 32.1 Å². The standard InChI is InChI=1S/C13H21N3O3/c17-11-5-8-15(9-6-14-11)13(19)10-16-7-3-1-2-4-12(16)18/h1-10H2,(H,14,17). The quantitative estimate of drug-likeness (QED) is 0.749. The van der Waals surface area contributed by atoms with Gasteiger partial charge in [0.2, 0.25) is 17.7 Å². The molecule has 6 heteroatoms. The normalized spacial score (nSPS) is 21.7. The van der Waals surface area contributed by atoms with Gasteiger partial charge in [-0.1, -0.05) is 6.42 Å². The maximum Gasteiger partial charge on any atom is 0.242 e. The molecular weight excluding hydrogens is 246 g/mol. The molecule has 2 fully saturated rings. The molecule has 2 saturated heterocycles. The third kappa shape index (κ3) is 3.94. The third-order valence-electron chi connectivity index (χ3n) is 3.66. The van der Waals surface area contributed by atoms with Crippen LogP contribution in [0, 0.1) is 0 Å². The zero-order valence-electron chi connectivity index (χ0n) is 11.2. The van der Waals surface area contributed by atoms with Crippen LogP contribution < -0.4 is 5.32 Å². The Labute approximate surface area is 113 Å². The van der Waals surface area contributed by atoms with Crippen LogP contribution in [0.4, 0.5) is 0 Å². The fourth-order valence-corrected chi connectivity index (χ4v) is 2.49. The van der Waals surface area contributed by atoms with Crippen LogP contribution in [-0.4, -0.2) is 60.2 Å². The Balaban J connectivity index is 1.88. The minimum atomic E-state index is -0.0493. The van der Waals surface area contributed by atoms with Gasteiger partial charge in [-0.05, 0) is 12.8 Å². The Bertz CT molecular complexity index is 370. The van der Waals surface area contributed by atoms with Gasteiger partial charge in [-0.2, -0.15) is 0 Å². The molecule has 0 saturated carbocycles. The van der Waals surface area contributed by atoms with E-state index >= 15 is 0 Å². The summed E-state index contributed by atoms with van der Waals surface area (Å²) in [5.41, 5.74) is 0. The summed E-state index contributed by atoms with van der Waals surface area (Å²) in [5.74, 6) is 0.0165. The highest BCUT2D eigenvalue weighted by Gasteiger charge is 2.23. The first-order chi connectivity index (χ1) is 9.16. The van der Waals surface area contributed by atoms with Crippen LogP contribution in [0.1, 0.15) is 32.1 Å². The van der Waals surface area contributed by atoms with Gasteiger partial charge in [0.25, 0.3) is 0 Å². The van der Waals surface area contributed by atoms with Crippen molar-refractivity contribution < 1.29 is 14.4 Å². The number of amides is 3. The molecule has 0 unspecified atom stereocenters. The number of hydrogen-bond acceptors (Lipinski definition) is 3. The number of likely N-dealkylation sites (tertiary alicyclic amines) is 1.